The van der Waals surface area contributed by atoms with Crippen LogP contribution in [0.5, 0.6) is 11.5 Å². The van der Waals surface area contributed by atoms with Gasteiger partial charge >= 0.3 is 5.97 Å². The van der Waals surface area contributed by atoms with Crippen molar-refractivity contribution in [2.75, 3.05) is 30.7 Å². The third-order valence-corrected chi connectivity index (χ3v) is 6.16. The van der Waals surface area contributed by atoms with E-state index in [4.69, 9.17) is 14.2 Å². The lowest BCUT2D eigenvalue weighted by atomic mass is 10.1. The normalized spacial score (nSPS) is 12.9. The molecule has 0 saturated carbocycles. The molecule has 0 aliphatic carbocycles. The highest BCUT2D eigenvalue weighted by atomic mass is 32.2. The first-order valence-electron chi connectivity index (χ1n) is 9.19. The zero-order valence-electron chi connectivity index (χ0n) is 16.4. The largest absolute Gasteiger partial charge is 0.486 e. The summed E-state index contributed by atoms with van der Waals surface area (Å²) in [7, 11) is -3.95. The molecule has 29 heavy (non-hydrogen) atoms. The summed E-state index contributed by atoms with van der Waals surface area (Å²) < 4.78 is 44.1. The maximum atomic E-state index is 13.4. The van der Waals surface area contributed by atoms with E-state index in [1.807, 2.05) is 0 Å². The van der Waals surface area contributed by atoms with Gasteiger partial charge in [-0.15, -0.1) is 6.58 Å². The summed E-state index contributed by atoms with van der Waals surface area (Å²) in [6.07, 6.45) is 1.49. The third-order valence-electron chi connectivity index (χ3n) is 4.39. The van der Waals surface area contributed by atoms with Crippen LogP contribution in [0.1, 0.15) is 22.8 Å². The van der Waals surface area contributed by atoms with Gasteiger partial charge < -0.3 is 14.2 Å². The van der Waals surface area contributed by atoms with Crippen molar-refractivity contribution in [2.45, 2.75) is 18.7 Å². The van der Waals surface area contributed by atoms with Gasteiger partial charge in [-0.3, -0.25) is 4.31 Å². The van der Waals surface area contributed by atoms with Crippen molar-refractivity contribution in [3.8, 4) is 11.5 Å². The van der Waals surface area contributed by atoms with Gasteiger partial charge in [0.2, 0.25) is 0 Å². The van der Waals surface area contributed by atoms with Gasteiger partial charge in [0.1, 0.15) is 13.2 Å². The Balaban J connectivity index is 2.06. The number of sulfonamides is 1. The molecule has 0 saturated heterocycles. The van der Waals surface area contributed by atoms with Gasteiger partial charge in [-0.1, -0.05) is 12.1 Å². The van der Waals surface area contributed by atoms with Crippen LogP contribution in [0.15, 0.2) is 53.9 Å². The molecular weight excluding hydrogens is 394 g/mol. The van der Waals surface area contributed by atoms with E-state index in [0.717, 1.165) is 0 Å². The molecule has 0 aromatic heterocycles. The monoisotopic (exact) mass is 417 g/mol. The van der Waals surface area contributed by atoms with Crippen molar-refractivity contribution < 1.29 is 27.4 Å². The molecule has 2 aromatic carbocycles. The number of carbonyl (C=O) groups excluding carboxylic acids is 1. The minimum Gasteiger partial charge on any atom is -0.486 e. The molecule has 154 valence electrons. The number of carbonyl (C=O) groups is 1. The van der Waals surface area contributed by atoms with Crippen LogP contribution in [0.3, 0.4) is 0 Å². The van der Waals surface area contributed by atoms with Crippen LogP contribution in [-0.4, -0.2) is 40.8 Å². The predicted octanol–water partition coefficient (Wildman–Crippen LogP) is 3.32. The van der Waals surface area contributed by atoms with Crippen LogP contribution in [0.25, 0.3) is 0 Å². The number of fused-ring (bicyclic) bond motifs is 1. The van der Waals surface area contributed by atoms with E-state index in [1.54, 1.807) is 32.0 Å². The van der Waals surface area contributed by atoms with Gasteiger partial charge in [0.05, 0.1) is 29.3 Å². The fraction of sp³-hybridized carbons (Fsp3) is 0.286. The van der Waals surface area contributed by atoms with Gasteiger partial charge in [0, 0.05) is 6.07 Å². The summed E-state index contributed by atoms with van der Waals surface area (Å²) in [6, 6.07) is 9.33. The van der Waals surface area contributed by atoms with Crippen LogP contribution < -0.4 is 13.8 Å². The summed E-state index contributed by atoms with van der Waals surface area (Å²) in [4.78, 5) is 12.2. The second-order valence-electron chi connectivity index (χ2n) is 6.35. The molecule has 0 unspecified atom stereocenters. The van der Waals surface area contributed by atoms with E-state index in [0.29, 0.717) is 36.0 Å². The minimum atomic E-state index is -3.95. The molecule has 1 aliphatic heterocycles. The van der Waals surface area contributed by atoms with Gasteiger partial charge in [-0.05, 0) is 43.7 Å². The number of hydrogen-bond acceptors (Lipinski definition) is 6. The smallest absolute Gasteiger partial charge is 0.338 e. The van der Waals surface area contributed by atoms with E-state index in [9.17, 15) is 13.2 Å². The number of aryl methyl sites for hydroxylation is 1. The first-order chi connectivity index (χ1) is 13.9. The average molecular weight is 417 g/mol. The molecular formula is C21H23NO6S. The molecule has 0 spiro atoms. The molecule has 3 rings (SSSR count). The Labute approximate surface area is 170 Å². The van der Waals surface area contributed by atoms with Crippen LogP contribution in [0.2, 0.25) is 0 Å². The van der Waals surface area contributed by atoms with Crippen LogP contribution in [0, 0.1) is 6.92 Å². The number of rotatable bonds is 7. The standard InChI is InChI=1S/C21H23NO6S/c1-4-10-22(18-13-16(7-6-15(18)3)21(23)26-5-2)29(24,25)17-8-9-19-20(14-17)28-12-11-27-19/h4,6-9,13-14H,1,5,10-12H2,2-3H3. The lowest BCUT2D eigenvalue weighted by Gasteiger charge is -2.26. The van der Waals surface area contributed by atoms with E-state index in [2.05, 4.69) is 6.58 Å². The lowest BCUT2D eigenvalue weighted by Crippen LogP contribution is -2.32. The maximum absolute atomic E-state index is 13.4. The number of nitrogens with zero attached hydrogens (tertiary/aromatic N) is 1. The Morgan fingerprint density at radius 2 is 1.90 bits per heavy atom. The van der Waals surface area contributed by atoms with Crippen LogP contribution in [-0.2, 0) is 14.8 Å². The molecule has 1 heterocycles. The highest BCUT2D eigenvalue weighted by molar-refractivity contribution is 7.92. The molecule has 8 heteroatoms. The van der Waals surface area contributed by atoms with Gasteiger partial charge in [0.25, 0.3) is 10.0 Å². The number of ether oxygens (including phenoxy) is 3. The number of esters is 1. The second kappa shape index (κ2) is 8.57. The first kappa shape index (κ1) is 20.7. The molecule has 1 aliphatic rings. The Kier molecular flexibility index (Phi) is 6.12. The molecule has 0 atom stereocenters. The topological polar surface area (TPSA) is 82.1 Å². The number of benzene rings is 2. The molecule has 2 aromatic rings. The highest BCUT2D eigenvalue weighted by Gasteiger charge is 2.28. The van der Waals surface area contributed by atoms with Crippen molar-refractivity contribution >= 4 is 21.7 Å². The maximum Gasteiger partial charge on any atom is 0.338 e. The summed E-state index contributed by atoms with van der Waals surface area (Å²) in [6.45, 7) is 8.20. The van der Waals surface area contributed by atoms with Gasteiger partial charge in [-0.2, -0.15) is 0 Å². The molecule has 0 radical (unpaired) electrons. The Morgan fingerprint density at radius 3 is 2.59 bits per heavy atom. The molecule has 0 bridgehead atoms. The quantitative estimate of drug-likeness (QED) is 0.508. The van der Waals surface area contributed by atoms with Gasteiger partial charge in [-0.25, -0.2) is 13.2 Å². The molecule has 7 nitrogen and oxygen atoms in total. The number of anilines is 1. The zero-order chi connectivity index (χ0) is 21.0. The summed E-state index contributed by atoms with van der Waals surface area (Å²) in [5.74, 6) is 0.378. The predicted molar refractivity (Wildman–Crippen MR) is 109 cm³/mol. The van der Waals surface area contributed by atoms with Crippen molar-refractivity contribution in [1.82, 2.24) is 0 Å². The van der Waals surface area contributed by atoms with Crippen LogP contribution >= 0.6 is 0 Å². The van der Waals surface area contributed by atoms with Gasteiger partial charge in [0.15, 0.2) is 11.5 Å². The fourth-order valence-corrected chi connectivity index (χ4v) is 4.48. The van der Waals surface area contributed by atoms with Crippen molar-refractivity contribution in [2.24, 2.45) is 0 Å². The van der Waals surface area contributed by atoms with E-state index >= 15 is 0 Å². The summed E-state index contributed by atoms with van der Waals surface area (Å²) in [5.41, 5.74) is 1.35. The Morgan fingerprint density at radius 1 is 1.17 bits per heavy atom. The Hall–Kier alpha value is -3.00. The SMILES string of the molecule is C=CCN(c1cc(C(=O)OCC)ccc1C)S(=O)(=O)c1ccc2c(c1)OCCO2. The van der Waals surface area contributed by atoms with E-state index < -0.39 is 16.0 Å². The fourth-order valence-electron chi connectivity index (χ4n) is 2.97. The summed E-state index contributed by atoms with van der Waals surface area (Å²) in [5, 5.41) is 0. The highest BCUT2D eigenvalue weighted by Crippen LogP contribution is 2.35. The Bertz CT molecular complexity index is 1030. The number of hydrogen-bond donors (Lipinski definition) is 0. The van der Waals surface area contributed by atoms with E-state index in [1.165, 1.54) is 28.6 Å². The van der Waals surface area contributed by atoms with Crippen LogP contribution in [0.4, 0.5) is 5.69 Å². The van der Waals surface area contributed by atoms with Crippen molar-refractivity contribution in [3.05, 3.63) is 60.2 Å². The first-order valence-corrected chi connectivity index (χ1v) is 10.6. The van der Waals surface area contributed by atoms with Crippen molar-refractivity contribution in [1.29, 1.82) is 0 Å². The van der Waals surface area contributed by atoms with Crippen molar-refractivity contribution in [3.63, 3.8) is 0 Å². The zero-order valence-corrected chi connectivity index (χ0v) is 17.2. The lowest BCUT2D eigenvalue weighted by molar-refractivity contribution is 0.0526. The minimum absolute atomic E-state index is 0.0316. The molecule has 0 fully saturated rings. The second-order valence-corrected chi connectivity index (χ2v) is 8.21. The molecule has 0 N–H and O–H groups in total. The third kappa shape index (κ3) is 4.22. The van der Waals surface area contributed by atoms with E-state index in [-0.39, 0.29) is 23.6 Å². The average Bonchev–Trinajstić information content (AvgIpc) is 2.72. The summed E-state index contributed by atoms with van der Waals surface area (Å²) >= 11 is 0. The molecule has 0 amide bonds.